The summed E-state index contributed by atoms with van der Waals surface area (Å²) in [5, 5.41) is 6.45. The lowest BCUT2D eigenvalue weighted by Gasteiger charge is -2.36. The third-order valence-corrected chi connectivity index (χ3v) is 8.00. The number of rotatable bonds is 9. The molecule has 226 valence electrons. The first-order valence-electron chi connectivity index (χ1n) is 15.2. The van der Waals surface area contributed by atoms with Gasteiger partial charge >= 0.3 is 0 Å². The molecule has 4 rings (SSSR count). The van der Waals surface area contributed by atoms with E-state index in [1.165, 1.54) is 18.1 Å². The lowest BCUT2D eigenvalue weighted by atomic mass is 10.0. The number of carbonyl (C=O) groups is 2. The Hall–Kier alpha value is -3.88. The lowest BCUT2D eigenvalue weighted by molar-refractivity contribution is -0.111. The molecular formula is C33H47N7O2. The highest BCUT2D eigenvalue weighted by Gasteiger charge is 2.28. The van der Waals surface area contributed by atoms with E-state index in [2.05, 4.69) is 74.8 Å². The van der Waals surface area contributed by atoms with Crippen LogP contribution in [0.2, 0.25) is 0 Å². The minimum absolute atomic E-state index is 0.0134. The number of benzene rings is 1. The van der Waals surface area contributed by atoms with Crippen molar-refractivity contribution in [1.82, 2.24) is 14.9 Å². The molecule has 0 bridgehead atoms. The highest BCUT2D eigenvalue weighted by Crippen LogP contribution is 2.32. The smallest absolute Gasteiger partial charge is 0.253 e. The van der Waals surface area contributed by atoms with Crippen LogP contribution < -0.4 is 20.4 Å². The zero-order valence-electron chi connectivity index (χ0n) is 26.1. The zero-order chi connectivity index (χ0) is 30.4. The standard InChI is InChI=1S/C33H47N7O2/c1-8-29(41)34-27-16-14-26(15-17-27)32(42)38-18-11-13-28(21-38)35-30-25(7)31(40(23(4)5)20-22(2)3)37-33(36-30)39-19-10-9-12-24(39)6/h8,14-17,20,23-24,28H,1,9-13,18-19,21H2,2-7H3,(H,34,41)(H,35,36,37). The molecule has 9 heteroatoms. The van der Waals surface area contributed by atoms with Crippen molar-refractivity contribution in [2.75, 3.05) is 40.1 Å². The first-order chi connectivity index (χ1) is 20.1. The number of nitrogens with one attached hydrogen (secondary N) is 2. The Kier molecular flexibility index (Phi) is 10.2. The molecule has 9 nitrogen and oxygen atoms in total. The van der Waals surface area contributed by atoms with Gasteiger partial charge in [-0.05, 0) is 104 Å². The fourth-order valence-corrected chi connectivity index (χ4v) is 5.69. The van der Waals surface area contributed by atoms with Gasteiger partial charge in [-0.1, -0.05) is 12.2 Å². The van der Waals surface area contributed by atoms with Crippen molar-refractivity contribution in [2.45, 2.75) is 91.8 Å². The van der Waals surface area contributed by atoms with E-state index < -0.39 is 0 Å². The Balaban J connectivity index is 1.58. The Labute approximate surface area is 251 Å². The molecule has 0 saturated carbocycles. The highest BCUT2D eigenvalue weighted by atomic mass is 16.2. The van der Waals surface area contributed by atoms with E-state index in [1.807, 2.05) is 4.90 Å². The third kappa shape index (κ3) is 7.49. The van der Waals surface area contributed by atoms with E-state index in [1.54, 1.807) is 24.3 Å². The minimum Gasteiger partial charge on any atom is -0.365 e. The van der Waals surface area contributed by atoms with Crippen LogP contribution in [0.15, 0.2) is 48.7 Å². The number of hydrogen-bond acceptors (Lipinski definition) is 7. The number of piperidine rings is 2. The minimum atomic E-state index is -0.280. The van der Waals surface area contributed by atoms with Crippen molar-refractivity contribution < 1.29 is 9.59 Å². The van der Waals surface area contributed by atoms with E-state index in [0.717, 1.165) is 55.4 Å². The number of anilines is 4. The monoisotopic (exact) mass is 573 g/mol. The Morgan fingerprint density at radius 2 is 1.81 bits per heavy atom. The van der Waals surface area contributed by atoms with Crippen molar-refractivity contribution in [3.8, 4) is 0 Å². The fraction of sp³-hybridized carbons (Fsp3) is 0.515. The SMILES string of the molecule is C=CC(=O)Nc1ccc(C(=O)N2CCCC(Nc3nc(N4CCCCC4C)nc(N(C=C(C)C)C(C)C)c3C)C2)cc1. The molecule has 0 aliphatic carbocycles. The molecule has 2 aliphatic heterocycles. The maximum atomic E-state index is 13.4. The highest BCUT2D eigenvalue weighted by molar-refractivity contribution is 5.99. The molecule has 42 heavy (non-hydrogen) atoms. The van der Waals surface area contributed by atoms with E-state index in [-0.39, 0.29) is 23.9 Å². The van der Waals surface area contributed by atoms with Crippen LogP contribution in [0, 0.1) is 6.92 Å². The number of hydrogen-bond donors (Lipinski definition) is 2. The average molecular weight is 574 g/mol. The van der Waals surface area contributed by atoms with E-state index in [4.69, 9.17) is 9.97 Å². The van der Waals surface area contributed by atoms with Gasteiger partial charge in [0, 0.05) is 60.8 Å². The van der Waals surface area contributed by atoms with Gasteiger partial charge in [0.05, 0.1) is 0 Å². The van der Waals surface area contributed by atoms with Crippen molar-refractivity contribution in [2.24, 2.45) is 0 Å². The molecule has 0 spiro atoms. The van der Waals surface area contributed by atoms with Gasteiger partial charge < -0.3 is 25.3 Å². The molecule has 1 aromatic carbocycles. The number of likely N-dealkylation sites (tertiary alicyclic amines) is 1. The molecule has 2 saturated heterocycles. The Bertz CT molecular complexity index is 1300. The molecule has 3 heterocycles. The predicted molar refractivity (Wildman–Crippen MR) is 172 cm³/mol. The van der Waals surface area contributed by atoms with Crippen LogP contribution in [0.25, 0.3) is 0 Å². The summed E-state index contributed by atoms with van der Waals surface area (Å²) < 4.78 is 0. The molecule has 2 aromatic rings. The summed E-state index contributed by atoms with van der Waals surface area (Å²) in [6, 6.07) is 7.69. The van der Waals surface area contributed by atoms with Crippen molar-refractivity contribution in [1.29, 1.82) is 0 Å². The topological polar surface area (TPSA) is 93.7 Å². The Morgan fingerprint density at radius 1 is 1.07 bits per heavy atom. The summed E-state index contributed by atoms with van der Waals surface area (Å²) in [6.07, 6.45) is 8.76. The molecular weight excluding hydrogens is 526 g/mol. The molecule has 2 fully saturated rings. The van der Waals surface area contributed by atoms with Gasteiger partial charge in [0.15, 0.2) is 0 Å². The number of allylic oxidation sites excluding steroid dienone is 1. The summed E-state index contributed by atoms with van der Waals surface area (Å²) in [7, 11) is 0. The van der Waals surface area contributed by atoms with Crippen LogP contribution in [0.3, 0.4) is 0 Å². The van der Waals surface area contributed by atoms with Gasteiger partial charge in [-0.25, -0.2) is 0 Å². The van der Waals surface area contributed by atoms with Gasteiger partial charge in [-0.2, -0.15) is 9.97 Å². The van der Waals surface area contributed by atoms with Gasteiger partial charge in [-0.3, -0.25) is 9.59 Å². The first-order valence-corrected chi connectivity index (χ1v) is 15.2. The second kappa shape index (κ2) is 13.9. The largest absolute Gasteiger partial charge is 0.365 e. The number of aromatic nitrogens is 2. The average Bonchev–Trinajstić information content (AvgIpc) is 2.97. The molecule has 2 amide bonds. The van der Waals surface area contributed by atoms with Crippen LogP contribution >= 0.6 is 0 Å². The summed E-state index contributed by atoms with van der Waals surface area (Å²) in [5.41, 5.74) is 3.45. The predicted octanol–water partition coefficient (Wildman–Crippen LogP) is 6.14. The van der Waals surface area contributed by atoms with Crippen molar-refractivity contribution in [3.63, 3.8) is 0 Å². The summed E-state index contributed by atoms with van der Waals surface area (Å²) >= 11 is 0. The van der Waals surface area contributed by atoms with Gasteiger partial charge in [-0.15, -0.1) is 0 Å². The quantitative estimate of drug-likeness (QED) is 0.348. The number of nitrogens with zero attached hydrogens (tertiary/aromatic N) is 5. The summed E-state index contributed by atoms with van der Waals surface area (Å²) in [6.45, 7) is 18.7. The van der Waals surface area contributed by atoms with Gasteiger partial charge in [0.25, 0.3) is 5.91 Å². The van der Waals surface area contributed by atoms with Crippen LogP contribution in [-0.4, -0.2) is 64.4 Å². The number of amides is 2. The second-order valence-electron chi connectivity index (χ2n) is 12.1. The van der Waals surface area contributed by atoms with Crippen molar-refractivity contribution >= 4 is 35.1 Å². The fourth-order valence-electron chi connectivity index (χ4n) is 5.69. The molecule has 2 aliphatic rings. The van der Waals surface area contributed by atoms with Crippen LogP contribution in [-0.2, 0) is 4.79 Å². The van der Waals surface area contributed by atoms with Crippen LogP contribution in [0.4, 0.5) is 23.3 Å². The molecule has 0 radical (unpaired) electrons. The van der Waals surface area contributed by atoms with Crippen molar-refractivity contribution in [3.05, 3.63) is 59.8 Å². The lowest BCUT2D eigenvalue weighted by Crippen LogP contribution is -2.45. The van der Waals surface area contributed by atoms with Crippen LogP contribution in [0.5, 0.6) is 0 Å². The molecule has 2 N–H and O–H groups in total. The summed E-state index contributed by atoms with van der Waals surface area (Å²) in [4.78, 5) is 41.8. The normalized spacial score (nSPS) is 18.8. The Morgan fingerprint density at radius 3 is 2.45 bits per heavy atom. The van der Waals surface area contributed by atoms with Crippen LogP contribution in [0.1, 0.15) is 82.6 Å². The molecule has 2 atom stereocenters. The maximum Gasteiger partial charge on any atom is 0.253 e. The van der Waals surface area contributed by atoms with E-state index >= 15 is 0 Å². The summed E-state index contributed by atoms with van der Waals surface area (Å²) in [5.74, 6) is 2.23. The maximum absolute atomic E-state index is 13.4. The second-order valence-corrected chi connectivity index (χ2v) is 12.1. The molecule has 2 unspecified atom stereocenters. The zero-order valence-corrected chi connectivity index (χ0v) is 26.1. The first kappa shape index (κ1) is 31.1. The number of carbonyl (C=O) groups excluding carboxylic acids is 2. The van der Waals surface area contributed by atoms with E-state index in [9.17, 15) is 9.59 Å². The van der Waals surface area contributed by atoms with Gasteiger partial charge in [0.1, 0.15) is 11.6 Å². The van der Waals surface area contributed by atoms with Gasteiger partial charge in [0.2, 0.25) is 11.9 Å². The molecule has 1 aromatic heterocycles. The van der Waals surface area contributed by atoms with E-state index in [0.29, 0.717) is 30.4 Å². The third-order valence-electron chi connectivity index (χ3n) is 8.00.